The fourth-order valence-corrected chi connectivity index (χ4v) is 8.56. The first-order valence-electron chi connectivity index (χ1n) is 16.6. The Hall–Kier alpha value is -2.85. The van der Waals surface area contributed by atoms with Crippen LogP contribution in [0.5, 0.6) is 23.0 Å². The highest BCUT2D eigenvalue weighted by molar-refractivity contribution is 7.91. The van der Waals surface area contributed by atoms with E-state index in [1.54, 1.807) is 32.2 Å². The van der Waals surface area contributed by atoms with Crippen LogP contribution >= 0.6 is 11.3 Å². The molecule has 0 aliphatic carbocycles. The van der Waals surface area contributed by atoms with Gasteiger partial charge in [-0.1, -0.05) is 53.7 Å². The summed E-state index contributed by atoms with van der Waals surface area (Å²) in [6, 6.07) is 13.2. The summed E-state index contributed by atoms with van der Waals surface area (Å²) in [6.07, 6.45) is -0.609. The van der Waals surface area contributed by atoms with E-state index in [0.29, 0.717) is 34.1 Å². The monoisotopic (exact) mass is 748 g/mol. The molecule has 3 aromatic rings. The third-order valence-electron chi connectivity index (χ3n) is 8.87. The third kappa shape index (κ3) is 10.8. The van der Waals surface area contributed by atoms with Gasteiger partial charge in [0, 0.05) is 30.3 Å². The van der Waals surface area contributed by atoms with Gasteiger partial charge in [0.1, 0.15) is 32.8 Å². The third-order valence-corrected chi connectivity index (χ3v) is 20.5. The molecule has 0 aliphatic heterocycles. The van der Waals surface area contributed by atoms with Crippen LogP contribution in [-0.4, -0.2) is 49.8 Å². The number of aryl methyl sites for hydroxylation is 1. The molecule has 0 radical (unpaired) electrons. The zero-order valence-corrected chi connectivity index (χ0v) is 35.3. The summed E-state index contributed by atoms with van der Waals surface area (Å²) in [5.74, 6) is 2.41. The Morgan fingerprint density at radius 1 is 0.755 bits per heavy atom. The number of hydrogen-bond donors (Lipinski definition) is 2. The number of hydrogen-bond acceptors (Lipinski definition) is 8. The van der Waals surface area contributed by atoms with Crippen LogP contribution in [0.4, 0.5) is 4.79 Å². The summed E-state index contributed by atoms with van der Waals surface area (Å²) >= 11 is 1.12. The molecular formula is C36H56N2O7S2Si2. The molecule has 0 saturated carbocycles. The van der Waals surface area contributed by atoms with E-state index in [4.69, 9.17) is 18.3 Å². The SMILES string of the molecule is Cc1ccc(-c2ccsc2S(=O)(=O)NCCNC(=O)OC(C)(C)C)c(Oc2ccc(O[Si](C)(C)C(C)(C)C)c(O[Si](C)(C)C(C)(C)C)c2)c1. The van der Waals surface area contributed by atoms with Gasteiger partial charge < -0.3 is 23.6 Å². The summed E-state index contributed by atoms with van der Waals surface area (Å²) in [7, 11) is -8.36. The average Bonchev–Trinajstić information content (AvgIpc) is 3.41. The Bertz CT molecular complexity index is 1730. The van der Waals surface area contributed by atoms with E-state index in [-0.39, 0.29) is 27.4 Å². The van der Waals surface area contributed by atoms with Crippen molar-refractivity contribution in [2.75, 3.05) is 13.1 Å². The average molecular weight is 749 g/mol. The molecule has 0 unspecified atom stereocenters. The van der Waals surface area contributed by atoms with Gasteiger partial charge in [0.25, 0.3) is 26.7 Å². The first-order chi connectivity index (χ1) is 22.2. The maximum atomic E-state index is 13.5. The van der Waals surface area contributed by atoms with Crippen molar-refractivity contribution < 1.29 is 31.5 Å². The Labute approximate surface area is 300 Å². The summed E-state index contributed by atoms with van der Waals surface area (Å²) in [4.78, 5) is 12.0. The quantitative estimate of drug-likeness (QED) is 0.140. The number of alkyl carbamates (subject to hydrolysis) is 1. The fourth-order valence-electron chi connectivity index (χ4n) is 4.07. The van der Waals surface area contributed by atoms with Gasteiger partial charge in [0.05, 0.1) is 0 Å². The first-order valence-corrected chi connectivity index (χ1v) is 24.8. The molecule has 2 aromatic carbocycles. The minimum absolute atomic E-state index is 0.00350. The van der Waals surface area contributed by atoms with E-state index in [1.165, 1.54) is 0 Å². The van der Waals surface area contributed by atoms with E-state index >= 15 is 0 Å². The van der Waals surface area contributed by atoms with Gasteiger partial charge in [-0.3, -0.25) is 0 Å². The van der Waals surface area contributed by atoms with Crippen molar-refractivity contribution in [3.63, 3.8) is 0 Å². The van der Waals surface area contributed by atoms with Crippen LogP contribution in [0.2, 0.25) is 36.3 Å². The van der Waals surface area contributed by atoms with Crippen molar-refractivity contribution in [3.05, 3.63) is 53.4 Å². The van der Waals surface area contributed by atoms with Gasteiger partial charge in [-0.2, -0.15) is 0 Å². The maximum absolute atomic E-state index is 13.5. The Kier molecular flexibility index (Phi) is 12.2. The van der Waals surface area contributed by atoms with Gasteiger partial charge in [-0.25, -0.2) is 17.9 Å². The molecule has 0 saturated heterocycles. The second kappa shape index (κ2) is 14.8. The molecule has 0 atom stereocenters. The van der Waals surface area contributed by atoms with Gasteiger partial charge >= 0.3 is 6.09 Å². The molecule has 0 aliphatic rings. The van der Waals surface area contributed by atoms with Gasteiger partial charge in [-0.05, 0) is 99.2 Å². The van der Waals surface area contributed by atoms with Crippen molar-refractivity contribution in [2.45, 2.75) is 115 Å². The first kappa shape index (κ1) is 40.6. The van der Waals surface area contributed by atoms with Crippen molar-refractivity contribution in [2.24, 2.45) is 0 Å². The second-order valence-corrected chi connectivity index (χ2v) is 28.7. The lowest BCUT2D eigenvalue weighted by Gasteiger charge is -2.39. The van der Waals surface area contributed by atoms with Crippen LogP contribution in [0.25, 0.3) is 11.1 Å². The number of amides is 1. The molecule has 1 amide bonds. The number of carbonyl (C=O) groups excluding carboxylic acids is 1. The molecule has 49 heavy (non-hydrogen) atoms. The molecule has 1 aromatic heterocycles. The highest BCUT2D eigenvalue weighted by Crippen LogP contribution is 2.46. The normalized spacial score (nSPS) is 13.2. The molecule has 272 valence electrons. The van der Waals surface area contributed by atoms with Crippen LogP contribution < -0.4 is 23.6 Å². The molecule has 3 rings (SSSR count). The molecule has 0 bridgehead atoms. The zero-order chi connectivity index (χ0) is 37.2. The van der Waals surface area contributed by atoms with Crippen molar-refractivity contribution in [1.82, 2.24) is 10.0 Å². The molecule has 1 heterocycles. The van der Waals surface area contributed by atoms with Crippen LogP contribution in [0.15, 0.2) is 52.1 Å². The molecule has 0 fully saturated rings. The van der Waals surface area contributed by atoms with E-state index in [1.807, 2.05) is 43.3 Å². The lowest BCUT2D eigenvalue weighted by molar-refractivity contribution is 0.0529. The minimum Gasteiger partial charge on any atom is -0.541 e. The van der Waals surface area contributed by atoms with Gasteiger partial charge in [-0.15, -0.1) is 11.3 Å². The van der Waals surface area contributed by atoms with Gasteiger partial charge in [0.15, 0.2) is 0 Å². The maximum Gasteiger partial charge on any atom is 0.407 e. The molecular weight excluding hydrogens is 693 g/mol. The predicted molar refractivity (Wildman–Crippen MR) is 206 cm³/mol. The summed E-state index contributed by atoms with van der Waals surface area (Å²) in [5.41, 5.74) is 1.46. The number of thiophene rings is 1. The lowest BCUT2D eigenvalue weighted by Crippen LogP contribution is -2.45. The second-order valence-electron chi connectivity index (χ2n) is 16.4. The fraction of sp³-hybridized carbons (Fsp3) is 0.528. The van der Waals surface area contributed by atoms with Crippen molar-refractivity contribution >= 4 is 44.1 Å². The standard InChI is InChI=1S/C36H56N2O7S2Si2/c1-25-15-17-27(28-19-22-46-32(28)47(40,41)38-21-20-37-33(39)43-34(2,3)4)30(23-25)42-26-16-18-29(44-48(11,12)35(5,6)7)31(24-26)45-49(13,14)36(8,9)10/h15-19,22-24,38H,20-21H2,1-14H3,(H,37,39). The molecule has 13 heteroatoms. The Morgan fingerprint density at radius 2 is 1.35 bits per heavy atom. The van der Waals surface area contributed by atoms with E-state index in [2.05, 4.69) is 77.8 Å². The molecule has 9 nitrogen and oxygen atoms in total. The lowest BCUT2D eigenvalue weighted by atomic mass is 10.1. The summed E-state index contributed by atoms with van der Waals surface area (Å²) < 4.78 is 55.1. The van der Waals surface area contributed by atoms with Crippen LogP contribution in [-0.2, 0) is 14.8 Å². The minimum atomic E-state index is -3.91. The van der Waals surface area contributed by atoms with Crippen LogP contribution in [0.1, 0.15) is 67.9 Å². The molecule has 0 spiro atoms. The number of ether oxygens (including phenoxy) is 2. The summed E-state index contributed by atoms with van der Waals surface area (Å²) in [5, 5.41) is 4.27. The van der Waals surface area contributed by atoms with Crippen LogP contribution in [0, 0.1) is 6.92 Å². The number of nitrogens with one attached hydrogen (secondary N) is 2. The van der Waals surface area contributed by atoms with Crippen molar-refractivity contribution in [1.29, 1.82) is 0 Å². The number of sulfonamides is 1. The highest BCUT2D eigenvalue weighted by atomic mass is 32.2. The van der Waals surface area contributed by atoms with Crippen LogP contribution in [0.3, 0.4) is 0 Å². The Morgan fingerprint density at radius 3 is 1.92 bits per heavy atom. The topological polar surface area (TPSA) is 112 Å². The molecule has 2 N–H and O–H groups in total. The van der Waals surface area contributed by atoms with Crippen molar-refractivity contribution in [3.8, 4) is 34.1 Å². The van der Waals surface area contributed by atoms with E-state index in [9.17, 15) is 13.2 Å². The highest BCUT2D eigenvalue weighted by Gasteiger charge is 2.42. The Balaban J connectivity index is 1.96. The predicted octanol–water partition coefficient (Wildman–Crippen LogP) is 10.1. The smallest absolute Gasteiger partial charge is 0.407 e. The van der Waals surface area contributed by atoms with Gasteiger partial charge in [0.2, 0.25) is 0 Å². The number of rotatable bonds is 12. The number of carbonyl (C=O) groups is 1. The van der Waals surface area contributed by atoms with E-state index in [0.717, 1.165) is 16.9 Å². The largest absolute Gasteiger partial charge is 0.541 e. The zero-order valence-electron chi connectivity index (χ0n) is 31.7. The number of benzene rings is 2. The summed E-state index contributed by atoms with van der Waals surface area (Å²) in [6.45, 7) is 29.4. The van der Waals surface area contributed by atoms with E-state index < -0.39 is 38.4 Å².